The number of aliphatic hydroxyl groups excluding tert-OH is 1. The summed E-state index contributed by atoms with van der Waals surface area (Å²) in [6, 6.07) is 6.88. The molecule has 1 aromatic heterocycles. The van der Waals surface area contributed by atoms with Crippen LogP contribution in [0.1, 0.15) is 42.5 Å². The second kappa shape index (κ2) is 6.42. The minimum Gasteiger partial charge on any atom is -0.496 e. The van der Waals surface area contributed by atoms with E-state index in [1.54, 1.807) is 24.3 Å². The molecule has 6 nitrogen and oxygen atoms in total. The minimum absolute atomic E-state index is 0.162. The quantitative estimate of drug-likeness (QED) is 0.909. The zero-order valence-electron chi connectivity index (χ0n) is 14.2. The van der Waals surface area contributed by atoms with E-state index in [9.17, 15) is 9.90 Å². The van der Waals surface area contributed by atoms with Crippen molar-refractivity contribution in [1.82, 2.24) is 9.78 Å². The fraction of sp³-hybridized carbons (Fsp3) is 0.412. The van der Waals surface area contributed by atoms with Gasteiger partial charge in [-0.3, -0.25) is 9.48 Å². The molecule has 0 spiro atoms. The number of hydrogen-bond donors (Lipinski definition) is 2. The monoisotopic (exact) mass is 317 g/mol. The molecule has 2 rings (SSSR count). The Hall–Kier alpha value is -2.34. The van der Waals surface area contributed by atoms with Gasteiger partial charge in [0.05, 0.1) is 19.3 Å². The molecule has 0 saturated carbocycles. The average molecular weight is 317 g/mol. The molecule has 0 aliphatic rings. The minimum atomic E-state index is -0.287. The van der Waals surface area contributed by atoms with Gasteiger partial charge in [0.1, 0.15) is 5.75 Å². The van der Waals surface area contributed by atoms with Crippen LogP contribution < -0.4 is 10.1 Å². The van der Waals surface area contributed by atoms with E-state index < -0.39 is 0 Å². The fourth-order valence-corrected chi connectivity index (χ4v) is 2.44. The predicted molar refractivity (Wildman–Crippen MR) is 88.8 cm³/mol. The highest BCUT2D eigenvalue weighted by molar-refractivity contribution is 6.03. The van der Waals surface area contributed by atoms with Crippen molar-refractivity contribution in [3.8, 4) is 5.75 Å². The molecule has 6 heteroatoms. The van der Waals surface area contributed by atoms with Crippen molar-refractivity contribution >= 4 is 11.6 Å². The Bertz CT molecular complexity index is 714. The Morgan fingerprint density at radius 3 is 2.57 bits per heavy atom. The van der Waals surface area contributed by atoms with E-state index >= 15 is 0 Å². The number of nitrogens with zero attached hydrogens (tertiary/aromatic N) is 2. The van der Waals surface area contributed by atoms with Gasteiger partial charge in [-0.2, -0.15) is 5.10 Å². The molecule has 1 aromatic carbocycles. The fourth-order valence-electron chi connectivity index (χ4n) is 2.44. The first-order chi connectivity index (χ1) is 10.8. The summed E-state index contributed by atoms with van der Waals surface area (Å²) in [5.74, 6) is 0.295. The van der Waals surface area contributed by atoms with Crippen molar-refractivity contribution in [3.05, 3.63) is 41.2 Å². The molecule has 0 saturated heterocycles. The van der Waals surface area contributed by atoms with Crippen molar-refractivity contribution in [1.29, 1.82) is 0 Å². The van der Waals surface area contributed by atoms with E-state index in [0.29, 0.717) is 22.7 Å². The summed E-state index contributed by atoms with van der Waals surface area (Å²) in [5, 5.41) is 16.5. The molecule has 2 N–H and O–H groups in total. The maximum Gasteiger partial charge on any atom is 0.276 e. The number of carbonyl (C=O) groups excluding carboxylic acids is 1. The Morgan fingerprint density at radius 1 is 1.35 bits per heavy atom. The summed E-state index contributed by atoms with van der Waals surface area (Å²) in [6.45, 7) is 7.86. The lowest BCUT2D eigenvalue weighted by molar-refractivity contribution is 0.102. The molecule has 1 amide bonds. The van der Waals surface area contributed by atoms with Gasteiger partial charge in [-0.1, -0.05) is 0 Å². The van der Waals surface area contributed by atoms with Crippen LogP contribution >= 0.6 is 0 Å². The third-order valence-electron chi connectivity index (χ3n) is 3.46. The molecule has 0 unspecified atom stereocenters. The first kappa shape index (κ1) is 17.0. The van der Waals surface area contributed by atoms with Crippen LogP contribution in [0.2, 0.25) is 0 Å². The van der Waals surface area contributed by atoms with Gasteiger partial charge in [0, 0.05) is 16.9 Å². The SMILES string of the molecule is COc1ccc(NC(=O)c2cc(C)n(C(C)(C)C)n2)cc1CO. The van der Waals surface area contributed by atoms with Gasteiger partial charge in [0.25, 0.3) is 5.91 Å². The van der Waals surface area contributed by atoms with Crippen LogP contribution in [0.5, 0.6) is 5.75 Å². The van der Waals surface area contributed by atoms with Crippen molar-refractivity contribution in [2.24, 2.45) is 0 Å². The van der Waals surface area contributed by atoms with Gasteiger partial charge in [-0.15, -0.1) is 0 Å². The molecule has 124 valence electrons. The van der Waals surface area contributed by atoms with Gasteiger partial charge >= 0.3 is 0 Å². The summed E-state index contributed by atoms with van der Waals surface area (Å²) < 4.78 is 6.98. The van der Waals surface area contributed by atoms with Crippen LogP contribution in [0.4, 0.5) is 5.69 Å². The summed E-state index contributed by atoms with van der Waals surface area (Å²) in [6.07, 6.45) is 0. The first-order valence-electron chi connectivity index (χ1n) is 7.42. The van der Waals surface area contributed by atoms with Crippen LogP contribution in [-0.2, 0) is 12.1 Å². The number of nitrogens with one attached hydrogen (secondary N) is 1. The van der Waals surface area contributed by atoms with Gasteiger partial charge in [-0.25, -0.2) is 0 Å². The van der Waals surface area contributed by atoms with Gasteiger partial charge < -0.3 is 15.2 Å². The van der Waals surface area contributed by atoms with E-state index in [4.69, 9.17) is 4.74 Å². The van der Waals surface area contributed by atoms with Crippen LogP contribution in [-0.4, -0.2) is 27.9 Å². The number of anilines is 1. The Kier molecular flexibility index (Phi) is 4.75. The van der Waals surface area contributed by atoms with Crippen LogP contribution in [0, 0.1) is 6.92 Å². The van der Waals surface area contributed by atoms with Gasteiger partial charge in [0.2, 0.25) is 0 Å². The summed E-state index contributed by atoms with van der Waals surface area (Å²) >= 11 is 0. The first-order valence-corrected chi connectivity index (χ1v) is 7.42. The molecule has 0 aliphatic carbocycles. The number of rotatable bonds is 4. The molecular weight excluding hydrogens is 294 g/mol. The third kappa shape index (κ3) is 3.71. The van der Waals surface area contributed by atoms with Crippen LogP contribution in [0.25, 0.3) is 0 Å². The van der Waals surface area contributed by atoms with E-state index in [2.05, 4.69) is 10.4 Å². The highest BCUT2D eigenvalue weighted by Crippen LogP contribution is 2.23. The van der Waals surface area contributed by atoms with Crippen LogP contribution in [0.3, 0.4) is 0 Å². The molecule has 0 bridgehead atoms. The molecule has 0 radical (unpaired) electrons. The van der Waals surface area contributed by atoms with Crippen molar-refractivity contribution in [2.75, 3.05) is 12.4 Å². The Labute approximate surface area is 136 Å². The molecule has 2 aromatic rings. The zero-order valence-corrected chi connectivity index (χ0v) is 14.2. The average Bonchev–Trinajstić information content (AvgIpc) is 2.89. The second-order valence-electron chi connectivity index (χ2n) is 6.39. The van der Waals surface area contributed by atoms with Crippen LogP contribution in [0.15, 0.2) is 24.3 Å². The largest absolute Gasteiger partial charge is 0.496 e. The number of hydrogen-bond acceptors (Lipinski definition) is 4. The summed E-state index contributed by atoms with van der Waals surface area (Å²) in [4.78, 5) is 12.4. The molecule has 0 fully saturated rings. The number of carbonyl (C=O) groups is 1. The Morgan fingerprint density at radius 2 is 2.04 bits per heavy atom. The normalized spacial score (nSPS) is 11.4. The van der Waals surface area contributed by atoms with Crippen molar-refractivity contribution in [2.45, 2.75) is 39.8 Å². The second-order valence-corrected chi connectivity index (χ2v) is 6.39. The number of aliphatic hydroxyl groups is 1. The van der Waals surface area contributed by atoms with Crippen molar-refractivity contribution in [3.63, 3.8) is 0 Å². The highest BCUT2D eigenvalue weighted by atomic mass is 16.5. The van der Waals surface area contributed by atoms with E-state index in [1.807, 2.05) is 32.4 Å². The maximum atomic E-state index is 12.4. The number of benzene rings is 1. The number of methoxy groups -OCH3 is 1. The highest BCUT2D eigenvalue weighted by Gasteiger charge is 2.20. The topological polar surface area (TPSA) is 76.4 Å². The zero-order chi connectivity index (χ0) is 17.2. The lowest BCUT2D eigenvalue weighted by Crippen LogP contribution is -2.25. The van der Waals surface area contributed by atoms with Crippen molar-refractivity contribution < 1.29 is 14.6 Å². The number of aryl methyl sites for hydroxylation is 1. The molecular formula is C17H23N3O3. The maximum absolute atomic E-state index is 12.4. The molecule has 1 heterocycles. The summed E-state index contributed by atoms with van der Waals surface area (Å²) in [7, 11) is 1.54. The number of amides is 1. The Balaban J connectivity index is 2.23. The lowest BCUT2D eigenvalue weighted by atomic mass is 10.1. The number of ether oxygens (including phenoxy) is 1. The van der Waals surface area contributed by atoms with E-state index in [0.717, 1.165) is 5.69 Å². The van der Waals surface area contributed by atoms with Gasteiger partial charge in [0.15, 0.2) is 5.69 Å². The number of aromatic nitrogens is 2. The molecule has 0 atom stereocenters. The summed E-state index contributed by atoms with van der Waals surface area (Å²) in [5.41, 5.74) is 2.30. The predicted octanol–water partition coefficient (Wildman–Crippen LogP) is 2.70. The lowest BCUT2D eigenvalue weighted by Gasteiger charge is -2.21. The third-order valence-corrected chi connectivity index (χ3v) is 3.46. The van der Waals surface area contributed by atoms with E-state index in [-0.39, 0.29) is 18.1 Å². The smallest absolute Gasteiger partial charge is 0.276 e. The molecule has 0 aliphatic heterocycles. The van der Waals surface area contributed by atoms with Gasteiger partial charge in [-0.05, 0) is 52.0 Å². The standard InChI is InChI=1S/C17H23N3O3/c1-11-8-14(19-20(11)17(2,3)4)16(22)18-13-6-7-15(23-5)12(9-13)10-21/h6-9,21H,10H2,1-5H3,(H,18,22). The van der Waals surface area contributed by atoms with E-state index in [1.165, 1.54) is 7.11 Å². The molecule has 23 heavy (non-hydrogen) atoms.